The van der Waals surface area contributed by atoms with E-state index in [1.807, 2.05) is 6.08 Å². The second-order valence-electron chi connectivity index (χ2n) is 18.6. The largest absolute Gasteiger partial charge is 0.394 e. The molecule has 1 saturated heterocycles. The highest BCUT2D eigenvalue weighted by Gasteiger charge is 2.44. The molecular weight excluding hydrogens is 863 g/mol. The molecular formula is C60H101NO8. The number of nitrogens with one attached hydrogen (secondary N) is 1. The van der Waals surface area contributed by atoms with Gasteiger partial charge in [0.05, 0.1) is 25.4 Å². The average Bonchev–Trinajstić information content (AvgIpc) is 3.35. The van der Waals surface area contributed by atoms with Crippen LogP contribution < -0.4 is 5.32 Å². The summed E-state index contributed by atoms with van der Waals surface area (Å²) in [6.45, 7) is 3.63. The van der Waals surface area contributed by atoms with Gasteiger partial charge in [-0.05, 0) is 83.5 Å². The first-order chi connectivity index (χ1) is 33.8. The lowest BCUT2D eigenvalue weighted by Crippen LogP contribution is -2.60. The van der Waals surface area contributed by atoms with Crippen LogP contribution >= 0.6 is 0 Å². The van der Waals surface area contributed by atoms with Crippen LogP contribution in [-0.4, -0.2) is 87.5 Å². The molecule has 1 amide bonds. The second kappa shape index (κ2) is 48.5. The van der Waals surface area contributed by atoms with Crippen molar-refractivity contribution in [1.29, 1.82) is 0 Å². The lowest BCUT2D eigenvalue weighted by atomic mass is 9.99. The zero-order chi connectivity index (χ0) is 50.1. The van der Waals surface area contributed by atoms with E-state index in [9.17, 15) is 30.3 Å². The van der Waals surface area contributed by atoms with Gasteiger partial charge in [-0.2, -0.15) is 0 Å². The molecule has 6 N–H and O–H groups in total. The smallest absolute Gasteiger partial charge is 0.220 e. The Kier molecular flexibility index (Phi) is 44.9. The van der Waals surface area contributed by atoms with Gasteiger partial charge in [-0.1, -0.05) is 226 Å². The minimum atomic E-state index is -1.57. The molecule has 0 bridgehead atoms. The fourth-order valence-electron chi connectivity index (χ4n) is 7.99. The van der Waals surface area contributed by atoms with Gasteiger partial charge >= 0.3 is 0 Å². The fourth-order valence-corrected chi connectivity index (χ4v) is 7.99. The van der Waals surface area contributed by atoms with Crippen LogP contribution in [0.5, 0.6) is 0 Å². The molecule has 1 aliphatic rings. The van der Waals surface area contributed by atoms with Gasteiger partial charge in [0, 0.05) is 6.42 Å². The minimum Gasteiger partial charge on any atom is -0.394 e. The average molecular weight is 964 g/mol. The van der Waals surface area contributed by atoms with Gasteiger partial charge in [-0.3, -0.25) is 4.79 Å². The molecule has 0 aliphatic carbocycles. The SMILES string of the molecule is CC/C=C\C/C=C\C/C=C\C/C=C\C/C=C\C/C=C\C/C=C\C/C=C\CCCCCCCCCCCCC(=O)NC(COC1OC(CO)C(O)C(O)C1O)C(O)/C=C/CCCCCCCCCCC. The Balaban J connectivity index is 2.16. The van der Waals surface area contributed by atoms with Crippen molar-refractivity contribution >= 4 is 5.91 Å². The van der Waals surface area contributed by atoms with Gasteiger partial charge in [-0.25, -0.2) is 0 Å². The molecule has 0 saturated carbocycles. The summed E-state index contributed by atoms with van der Waals surface area (Å²) in [6.07, 6.45) is 64.4. The van der Waals surface area contributed by atoms with Crippen molar-refractivity contribution in [3.8, 4) is 0 Å². The van der Waals surface area contributed by atoms with Crippen molar-refractivity contribution in [2.75, 3.05) is 13.2 Å². The number of carbonyl (C=O) groups excluding carboxylic acids is 1. The van der Waals surface area contributed by atoms with E-state index in [-0.39, 0.29) is 12.5 Å². The third-order valence-electron chi connectivity index (χ3n) is 12.4. The van der Waals surface area contributed by atoms with E-state index in [0.29, 0.717) is 6.42 Å². The molecule has 1 heterocycles. The quantitative estimate of drug-likeness (QED) is 0.0261. The first-order valence-corrected chi connectivity index (χ1v) is 27.6. The van der Waals surface area contributed by atoms with Crippen molar-refractivity contribution < 1.29 is 39.8 Å². The summed E-state index contributed by atoms with van der Waals surface area (Å²) in [4.78, 5) is 13.0. The standard InChI is InChI=1S/C60H101NO8/c1-3-5-7-9-11-13-15-16-17-18-19-20-21-22-23-24-25-26-27-28-29-30-31-32-33-34-35-36-37-38-40-42-44-46-48-50-56(64)61-53(52-68-60-59(67)58(66)57(65)55(51-62)69-60)54(63)49-47-45-43-41-39-14-12-10-8-6-4-2/h5,7,11,13,16-17,19-20,22-23,25-26,28-29,31-32,47,49,53-55,57-60,62-63,65-67H,3-4,6,8-10,12,14-15,18,21,24,27,30,33-46,48,50-52H2,1-2H3,(H,61,64)/b7-5-,13-11-,17-16-,20-19-,23-22-,26-25-,29-28-,32-31-,49-47+. The predicted molar refractivity (Wildman–Crippen MR) is 290 cm³/mol. The van der Waals surface area contributed by atoms with Crippen LogP contribution in [0.1, 0.15) is 206 Å². The van der Waals surface area contributed by atoms with E-state index in [4.69, 9.17) is 9.47 Å². The van der Waals surface area contributed by atoms with E-state index < -0.39 is 49.5 Å². The summed E-state index contributed by atoms with van der Waals surface area (Å²) in [5.41, 5.74) is 0. The van der Waals surface area contributed by atoms with Gasteiger partial charge < -0.3 is 40.3 Å². The Hall–Kier alpha value is -3.15. The number of aliphatic hydroxyl groups excluding tert-OH is 5. The highest BCUT2D eigenvalue weighted by molar-refractivity contribution is 5.76. The van der Waals surface area contributed by atoms with E-state index in [1.165, 1.54) is 83.5 Å². The van der Waals surface area contributed by atoms with Gasteiger partial charge in [0.25, 0.3) is 0 Å². The molecule has 7 unspecified atom stereocenters. The number of unbranched alkanes of at least 4 members (excludes halogenated alkanes) is 19. The molecule has 394 valence electrons. The van der Waals surface area contributed by atoms with Crippen LogP contribution in [0.2, 0.25) is 0 Å². The zero-order valence-electron chi connectivity index (χ0n) is 43.5. The minimum absolute atomic E-state index is 0.188. The molecule has 9 heteroatoms. The number of hydrogen-bond acceptors (Lipinski definition) is 8. The Morgan fingerprint density at radius 3 is 1.33 bits per heavy atom. The van der Waals surface area contributed by atoms with Gasteiger partial charge in [0.15, 0.2) is 6.29 Å². The van der Waals surface area contributed by atoms with E-state index >= 15 is 0 Å². The van der Waals surface area contributed by atoms with E-state index in [0.717, 1.165) is 103 Å². The fraction of sp³-hybridized carbons (Fsp3) is 0.683. The van der Waals surface area contributed by atoms with Crippen LogP contribution in [0.3, 0.4) is 0 Å². The lowest BCUT2D eigenvalue weighted by Gasteiger charge is -2.40. The molecule has 69 heavy (non-hydrogen) atoms. The molecule has 9 nitrogen and oxygen atoms in total. The number of allylic oxidation sites excluding steroid dienone is 17. The van der Waals surface area contributed by atoms with Crippen LogP contribution in [0.15, 0.2) is 109 Å². The highest BCUT2D eigenvalue weighted by atomic mass is 16.7. The third-order valence-corrected chi connectivity index (χ3v) is 12.4. The summed E-state index contributed by atoms with van der Waals surface area (Å²) < 4.78 is 11.2. The van der Waals surface area contributed by atoms with Gasteiger partial charge in [-0.15, -0.1) is 0 Å². The Morgan fingerprint density at radius 2 is 0.899 bits per heavy atom. The summed E-state index contributed by atoms with van der Waals surface area (Å²) in [5.74, 6) is -0.188. The number of carbonyl (C=O) groups is 1. The summed E-state index contributed by atoms with van der Waals surface area (Å²) in [6, 6.07) is -0.812. The molecule has 0 radical (unpaired) electrons. The molecule has 1 fully saturated rings. The van der Waals surface area contributed by atoms with Crippen molar-refractivity contribution in [1.82, 2.24) is 5.32 Å². The van der Waals surface area contributed by atoms with Gasteiger partial charge in [0.2, 0.25) is 5.91 Å². The summed E-state index contributed by atoms with van der Waals surface area (Å²) in [5, 5.41) is 54.3. The Bertz CT molecular complexity index is 1440. The van der Waals surface area contributed by atoms with E-state index in [2.05, 4.69) is 116 Å². The molecule has 0 spiro atoms. The normalized spacial score (nSPS) is 20.4. The monoisotopic (exact) mass is 964 g/mol. The number of aliphatic hydroxyl groups is 5. The molecule has 0 aromatic heterocycles. The van der Waals surface area contributed by atoms with Crippen molar-refractivity contribution in [3.63, 3.8) is 0 Å². The van der Waals surface area contributed by atoms with Crippen molar-refractivity contribution in [2.24, 2.45) is 0 Å². The van der Waals surface area contributed by atoms with Crippen LogP contribution in [0.4, 0.5) is 0 Å². The zero-order valence-corrected chi connectivity index (χ0v) is 43.5. The number of amides is 1. The van der Waals surface area contributed by atoms with Crippen LogP contribution in [0.25, 0.3) is 0 Å². The Labute approximate surface area is 421 Å². The predicted octanol–water partition coefficient (Wildman–Crippen LogP) is 13.4. The Morgan fingerprint density at radius 1 is 0.507 bits per heavy atom. The van der Waals surface area contributed by atoms with Crippen LogP contribution in [0, 0.1) is 0 Å². The maximum Gasteiger partial charge on any atom is 0.220 e. The first-order valence-electron chi connectivity index (χ1n) is 27.6. The number of hydrogen-bond donors (Lipinski definition) is 6. The van der Waals surface area contributed by atoms with Crippen molar-refractivity contribution in [2.45, 2.75) is 249 Å². The number of rotatable bonds is 45. The maximum absolute atomic E-state index is 13.0. The maximum atomic E-state index is 13.0. The first kappa shape index (κ1) is 63.9. The molecule has 0 aromatic carbocycles. The van der Waals surface area contributed by atoms with Crippen molar-refractivity contribution in [3.05, 3.63) is 109 Å². The van der Waals surface area contributed by atoms with Crippen LogP contribution in [-0.2, 0) is 14.3 Å². The lowest BCUT2D eigenvalue weighted by molar-refractivity contribution is -0.302. The molecule has 0 aromatic rings. The van der Waals surface area contributed by atoms with Gasteiger partial charge in [0.1, 0.15) is 24.4 Å². The second-order valence-corrected chi connectivity index (χ2v) is 18.6. The van der Waals surface area contributed by atoms with E-state index in [1.54, 1.807) is 6.08 Å². The molecule has 7 atom stereocenters. The topological polar surface area (TPSA) is 149 Å². The number of ether oxygens (including phenoxy) is 2. The molecule has 1 rings (SSSR count). The summed E-state index contributed by atoms with van der Waals surface area (Å²) in [7, 11) is 0. The highest BCUT2D eigenvalue weighted by Crippen LogP contribution is 2.23. The summed E-state index contributed by atoms with van der Waals surface area (Å²) >= 11 is 0. The third kappa shape index (κ3) is 38.2. The molecule has 1 aliphatic heterocycles.